The lowest BCUT2D eigenvalue weighted by Crippen LogP contribution is -2.64. The Balaban J connectivity index is 1.62. The van der Waals surface area contributed by atoms with E-state index in [2.05, 4.69) is 0 Å². The van der Waals surface area contributed by atoms with E-state index < -0.39 is 74.6 Å². The van der Waals surface area contributed by atoms with Gasteiger partial charge in [-0.1, -0.05) is 57.8 Å². The SMILES string of the molecule is OC[C@H]1O[C@@H](O[C@H]2[C@H](O)[C@@H](O)[C@H](OC3CCCCCCCCCCC3)O[C@@H]2CO)[C@H](O)[C@@H](O)[C@@H]1O. The molecule has 2 aliphatic heterocycles. The quantitative estimate of drug-likeness (QED) is 0.241. The molecule has 11 heteroatoms. The molecule has 35 heavy (non-hydrogen) atoms. The molecule has 0 amide bonds. The Morgan fingerprint density at radius 3 is 1.51 bits per heavy atom. The van der Waals surface area contributed by atoms with Gasteiger partial charge in [0.15, 0.2) is 12.6 Å². The Morgan fingerprint density at radius 1 is 0.514 bits per heavy atom. The maximum absolute atomic E-state index is 10.8. The lowest BCUT2D eigenvalue weighted by molar-refractivity contribution is -0.363. The van der Waals surface area contributed by atoms with Gasteiger partial charge in [0.25, 0.3) is 0 Å². The van der Waals surface area contributed by atoms with Gasteiger partial charge >= 0.3 is 0 Å². The molecule has 7 N–H and O–H groups in total. The van der Waals surface area contributed by atoms with Crippen LogP contribution in [0.25, 0.3) is 0 Å². The van der Waals surface area contributed by atoms with Crippen LogP contribution in [-0.4, -0.2) is 116 Å². The van der Waals surface area contributed by atoms with Crippen molar-refractivity contribution in [2.75, 3.05) is 13.2 Å². The largest absolute Gasteiger partial charge is 0.394 e. The topological polar surface area (TPSA) is 179 Å². The van der Waals surface area contributed by atoms with Gasteiger partial charge in [0.1, 0.15) is 48.8 Å². The predicted octanol–water partition coefficient (Wildman–Crippen LogP) is -0.700. The molecule has 2 saturated heterocycles. The van der Waals surface area contributed by atoms with E-state index in [-0.39, 0.29) is 6.10 Å². The van der Waals surface area contributed by atoms with Crippen molar-refractivity contribution in [1.29, 1.82) is 0 Å². The van der Waals surface area contributed by atoms with Crippen LogP contribution in [0.1, 0.15) is 70.6 Å². The van der Waals surface area contributed by atoms with E-state index in [0.717, 1.165) is 38.5 Å². The van der Waals surface area contributed by atoms with E-state index in [1.54, 1.807) is 0 Å². The number of rotatable bonds is 6. The minimum absolute atomic E-state index is 0.150. The van der Waals surface area contributed by atoms with Crippen LogP contribution in [0, 0.1) is 0 Å². The van der Waals surface area contributed by atoms with Crippen molar-refractivity contribution in [2.45, 2.75) is 138 Å². The summed E-state index contributed by atoms with van der Waals surface area (Å²) in [6, 6.07) is 0. The Labute approximate surface area is 206 Å². The van der Waals surface area contributed by atoms with Crippen LogP contribution < -0.4 is 0 Å². The van der Waals surface area contributed by atoms with Crippen LogP contribution in [-0.2, 0) is 18.9 Å². The second kappa shape index (κ2) is 14.5. The molecule has 10 atom stereocenters. The summed E-state index contributed by atoms with van der Waals surface area (Å²) in [4.78, 5) is 0. The smallest absolute Gasteiger partial charge is 0.187 e. The first kappa shape index (κ1) is 29.1. The van der Waals surface area contributed by atoms with Crippen LogP contribution in [0.15, 0.2) is 0 Å². The van der Waals surface area contributed by atoms with Gasteiger partial charge in [-0.05, 0) is 12.8 Å². The lowest BCUT2D eigenvalue weighted by atomic mass is 9.96. The third-order valence-electron chi connectivity index (χ3n) is 7.34. The van der Waals surface area contributed by atoms with Crippen molar-refractivity contribution >= 4 is 0 Å². The zero-order valence-electron chi connectivity index (χ0n) is 20.3. The standard InChI is InChI=1S/C24H44O11/c25-12-15-17(27)18(28)20(30)24(33-15)35-22-16(13-26)34-23(21(31)19(22)29)32-14-10-8-6-4-2-1-3-5-7-9-11-14/h14-31H,1-13H2/t15-,16-,17-,18+,19-,20-,21-,22-,23-,24+/m1/s1. The summed E-state index contributed by atoms with van der Waals surface area (Å²) in [5.41, 5.74) is 0. The number of aliphatic hydroxyl groups excluding tert-OH is 7. The summed E-state index contributed by atoms with van der Waals surface area (Å²) in [5, 5.41) is 71.0. The maximum atomic E-state index is 10.8. The van der Waals surface area contributed by atoms with E-state index in [0.29, 0.717) is 0 Å². The predicted molar refractivity (Wildman–Crippen MR) is 122 cm³/mol. The molecule has 1 saturated carbocycles. The van der Waals surface area contributed by atoms with Crippen molar-refractivity contribution in [3.8, 4) is 0 Å². The molecule has 0 radical (unpaired) electrons. The molecule has 0 bridgehead atoms. The van der Waals surface area contributed by atoms with Crippen molar-refractivity contribution in [2.24, 2.45) is 0 Å². The molecule has 0 aromatic carbocycles. The highest BCUT2D eigenvalue weighted by Gasteiger charge is 2.51. The third kappa shape index (κ3) is 7.78. The molecule has 0 spiro atoms. The summed E-state index contributed by atoms with van der Waals surface area (Å²) in [6.45, 7) is -1.21. The molecule has 0 aromatic rings. The van der Waals surface area contributed by atoms with Gasteiger partial charge in [-0.2, -0.15) is 0 Å². The normalized spacial score (nSPS) is 43.3. The van der Waals surface area contributed by atoms with Gasteiger partial charge < -0.3 is 54.7 Å². The molecule has 3 aliphatic rings. The average molecular weight is 509 g/mol. The number of hydrogen-bond acceptors (Lipinski definition) is 11. The van der Waals surface area contributed by atoms with Crippen molar-refractivity contribution in [1.82, 2.24) is 0 Å². The van der Waals surface area contributed by atoms with E-state index >= 15 is 0 Å². The van der Waals surface area contributed by atoms with Crippen LogP contribution in [0.2, 0.25) is 0 Å². The summed E-state index contributed by atoms with van der Waals surface area (Å²) in [5.74, 6) is 0. The molecule has 206 valence electrons. The van der Waals surface area contributed by atoms with Crippen molar-refractivity contribution in [3.05, 3.63) is 0 Å². The highest BCUT2D eigenvalue weighted by Crippen LogP contribution is 2.31. The molecule has 0 unspecified atom stereocenters. The van der Waals surface area contributed by atoms with Gasteiger partial charge in [0.2, 0.25) is 0 Å². The number of aliphatic hydroxyl groups is 7. The van der Waals surface area contributed by atoms with E-state index in [1.165, 1.54) is 32.1 Å². The molecule has 3 rings (SSSR count). The number of ether oxygens (including phenoxy) is 4. The van der Waals surface area contributed by atoms with Crippen LogP contribution in [0.5, 0.6) is 0 Å². The van der Waals surface area contributed by atoms with Gasteiger partial charge in [0.05, 0.1) is 19.3 Å². The van der Waals surface area contributed by atoms with E-state index in [4.69, 9.17) is 18.9 Å². The van der Waals surface area contributed by atoms with Gasteiger partial charge in [-0.15, -0.1) is 0 Å². The second-order valence-electron chi connectivity index (χ2n) is 10.0. The number of hydrogen-bond donors (Lipinski definition) is 7. The highest BCUT2D eigenvalue weighted by atomic mass is 16.7. The zero-order chi connectivity index (χ0) is 25.4. The first-order chi connectivity index (χ1) is 16.9. The molecule has 1 aliphatic carbocycles. The van der Waals surface area contributed by atoms with E-state index in [1.807, 2.05) is 0 Å². The Hall–Kier alpha value is -0.440. The van der Waals surface area contributed by atoms with Crippen molar-refractivity contribution < 1.29 is 54.7 Å². The fourth-order valence-electron chi connectivity index (χ4n) is 5.12. The average Bonchev–Trinajstić information content (AvgIpc) is 2.85. The Kier molecular flexibility index (Phi) is 12.1. The highest BCUT2D eigenvalue weighted by molar-refractivity contribution is 4.94. The Bertz CT molecular complexity index is 580. The molecular formula is C24H44O11. The Morgan fingerprint density at radius 2 is 0.971 bits per heavy atom. The molecule has 11 nitrogen and oxygen atoms in total. The fourth-order valence-corrected chi connectivity index (χ4v) is 5.12. The van der Waals surface area contributed by atoms with E-state index in [9.17, 15) is 35.7 Å². The first-order valence-corrected chi connectivity index (χ1v) is 13.1. The van der Waals surface area contributed by atoms with Crippen LogP contribution in [0.4, 0.5) is 0 Å². The van der Waals surface area contributed by atoms with Crippen molar-refractivity contribution in [3.63, 3.8) is 0 Å². The summed E-state index contributed by atoms with van der Waals surface area (Å²) in [7, 11) is 0. The monoisotopic (exact) mass is 508 g/mol. The molecule has 3 fully saturated rings. The second-order valence-corrected chi connectivity index (χ2v) is 10.0. The van der Waals surface area contributed by atoms with Crippen LogP contribution >= 0.6 is 0 Å². The summed E-state index contributed by atoms with van der Waals surface area (Å²) < 4.78 is 22.8. The van der Waals surface area contributed by atoms with Crippen LogP contribution in [0.3, 0.4) is 0 Å². The maximum Gasteiger partial charge on any atom is 0.187 e. The first-order valence-electron chi connectivity index (χ1n) is 13.1. The summed E-state index contributed by atoms with van der Waals surface area (Å²) in [6.07, 6.45) is -2.44. The lowest BCUT2D eigenvalue weighted by Gasteiger charge is -2.46. The minimum Gasteiger partial charge on any atom is -0.394 e. The third-order valence-corrected chi connectivity index (χ3v) is 7.34. The van der Waals surface area contributed by atoms with Gasteiger partial charge in [-0.25, -0.2) is 0 Å². The molecule has 0 aromatic heterocycles. The summed E-state index contributed by atoms with van der Waals surface area (Å²) >= 11 is 0. The van der Waals surface area contributed by atoms with Gasteiger partial charge in [-0.3, -0.25) is 0 Å². The van der Waals surface area contributed by atoms with Gasteiger partial charge in [0, 0.05) is 0 Å². The zero-order valence-corrected chi connectivity index (χ0v) is 20.3. The molecular weight excluding hydrogens is 464 g/mol. The molecule has 2 heterocycles. The minimum atomic E-state index is -1.69. The fraction of sp³-hybridized carbons (Fsp3) is 1.00.